The first-order valence-electron chi connectivity index (χ1n) is 8.02. The van der Waals surface area contributed by atoms with Crippen LogP contribution in [-0.4, -0.2) is 5.97 Å². The van der Waals surface area contributed by atoms with Gasteiger partial charge < -0.3 is 0 Å². The standard InChI is InChI=1S/C18H26O4/c1-17(2,3)14-16(19)20-22-21-18(12-8-5-9-13-18)15-10-6-4-7-11-15/h4,6-7,10-11H,5,8-9,12-14H2,1-3H3. The molecule has 0 radical (unpaired) electrons. The van der Waals surface area contributed by atoms with E-state index in [1.54, 1.807) is 0 Å². The van der Waals surface area contributed by atoms with E-state index in [4.69, 9.17) is 14.8 Å². The van der Waals surface area contributed by atoms with Gasteiger partial charge in [0, 0.05) is 0 Å². The van der Waals surface area contributed by atoms with E-state index in [2.05, 4.69) is 0 Å². The minimum atomic E-state index is -0.512. The molecule has 0 bridgehead atoms. The van der Waals surface area contributed by atoms with Gasteiger partial charge in [-0.2, -0.15) is 4.89 Å². The fraction of sp³-hybridized carbons (Fsp3) is 0.611. The molecular weight excluding hydrogens is 280 g/mol. The Balaban J connectivity index is 1.95. The van der Waals surface area contributed by atoms with E-state index in [-0.39, 0.29) is 11.8 Å². The third kappa shape index (κ3) is 4.82. The van der Waals surface area contributed by atoms with Crippen LogP contribution < -0.4 is 0 Å². The zero-order valence-electron chi connectivity index (χ0n) is 13.8. The fourth-order valence-corrected chi connectivity index (χ4v) is 2.87. The topological polar surface area (TPSA) is 44.8 Å². The first-order valence-corrected chi connectivity index (χ1v) is 8.02. The summed E-state index contributed by atoms with van der Waals surface area (Å²) >= 11 is 0. The monoisotopic (exact) mass is 306 g/mol. The summed E-state index contributed by atoms with van der Waals surface area (Å²) in [4.78, 5) is 22.1. The van der Waals surface area contributed by atoms with Crippen LogP contribution in [-0.2, 0) is 25.2 Å². The molecule has 1 saturated carbocycles. The normalized spacial score (nSPS) is 18.0. The Hall–Kier alpha value is -1.39. The molecule has 0 N–H and O–H groups in total. The molecule has 1 aromatic rings. The molecule has 2 rings (SSSR count). The van der Waals surface area contributed by atoms with Crippen molar-refractivity contribution in [3.05, 3.63) is 35.9 Å². The van der Waals surface area contributed by atoms with Gasteiger partial charge in [0.15, 0.2) is 0 Å². The van der Waals surface area contributed by atoms with Crippen LogP contribution in [0.4, 0.5) is 0 Å². The maximum Gasteiger partial charge on any atom is 0.346 e. The summed E-state index contributed by atoms with van der Waals surface area (Å²) in [5, 5.41) is 4.89. The highest BCUT2D eigenvalue weighted by Gasteiger charge is 2.37. The van der Waals surface area contributed by atoms with Gasteiger partial charge in [0.1, 0.15) is 5.60 Å². The largest absolute Gasteiger partial charge is 0.346 e. The van der Waals surface area contributed by atoms with Crippen molar-refractivity contribution in [2.45, 2.75) is 64.9 Å². The van der Waals surface area contributed by atoms with Gasteiger partial charge in [0.05, 0.1) is 6.42 Å². The molecule has 0 spiro atoms. The van der Waals surface area contributed by atoms with Crippen LogP contribution >= 0.6 is 0 Å². The van der Waals surface area contributed by atoms with Crippen LogP contribution in [0.1, 0.15) is 64.9 Å². The average molecular weight is 306 g/mol. The molecule has 0 amide bonds. The molecule has 0 unspecified atom stereocenters. The lowest BCUT2D eigenvalue weighted by atomic mass is 9.80. The summed E-state index contributed by atoms with van der Waals surface area (Å²) in [5.74, 6) is -0.411. The molecule has 22 heavy (non-hydrogen) atoms. The number of carbonyl (C=O) groups is 1. The van der Waals surface area contributed by atoms with Crippen molar-refractivity contribution in [2.75, 3.05) is 0 Å². The van der Waals surface area contributed by atoms with E-state index in [1.807, 2.05) is 51.1 Å². The van der Waals surface area contributed by atoms with Gasteiger partial charge in [0.25, 0.3) is 0 Å². The number of rotatable bonds is 5. The number of benzene rings is 1. The lowest BCUT2D eigenvalue weighted by Crippen LogP contribution is -2.33. The maximum atomic E-state index is 11.7. The van der Waals surface area contributed by atoms with Crippen molar-refractivity contribution in [3.63, 3.8) is 0 Å². The first-order chi connectivity index (χ1) is 10.4. The van der Waals surface area contributed by atoms with E-state index < -0.39 is 11.6 Å². The number of carbonyl (C=O) groups excluding carboxylic acids is 1. The van der Waals surface area contributed by atoms with Crippen molar-refractivity contribution in [1.82, 2.24) is 0 Å². The molecule has 0 saturated heterocycles. The highest BCUT2D eigenvalue weighted by Crippen LogP contribution is 2.40. The van der Waals surface area contributed by atoms with Crippen molar-refractivity contribution in [3.8, 4) is 0 Å². The van der Waals surface area contributed by atoms with Gasteiger partial charge in [-0.05, 0) is 28.9 Å². The molecule has 1 aliphatic rings. The maximum absolute atomic E-state index is 11.7. The molecular formula is C18H26O4. The van der Waals surface area contributed by atoms with Gasteiger partial charge in [-0.3, -0.25) is 4.89 Å². The summed E-state index contributed by atoms with van der Waals surface area (Å²) in [7, 11) is 0. The van der Waals surface area contributed by atoms with Crippen LogP contribution in [0.2, 0.25) is 0 Å². The third-order valence-corrected chi connectivity index (χ3v) is 3.96. The van der Waals surface area contributed by atoms with Crippen molar-refractivity contribution in [1.29, 1.82) is 0 Å². The molecule has 4 nitrogen and oxygen atoms in total. The predicted octanol–water partition coefficient (Wildman–Crippen LogP) is 4.69. The van der Waals surface area contributed by atoms with Crippen LogP contribution in [0.3, 0.4) is 0 Å². The van der Waals surface area contributed by atoms with Gasteiger partial charge >= 0.3 is 5.97 Å². The predicted molar refractivity (Wildman–Crippen MR) is 83.5 cm³/mol. The summed E-state index contributed by atoms with van der Waals surface area (Å²) < 4.78 is 0. The minimum absolute atomic E-state index is 0.137. The van der Waals surface area contributed by atoms with E-state index in [1.165, 1.54) is 6.42 Å². The average Bonchev–Trinajstić information content (AvgIpc) is 2.47. The molecule has 0 atom stereocenters. The molecule has 1 aliphatic carbocycles. The second-order valence-corrected chi connectivity index (χ2v) is 7.27. The van der Waals surface area contributed by atoms with Gasteiger partial charge in [-0.15, -0.1) is 0 Å². The second kappa shape index (κ2) is 7.25. The Bertz CT molecular complexity index is 470. The molecule has 4 heteroatoms. The van der Waals surface area contributed by atoms with Crippen LogP contribution in [0.5, 0.6) is 0 Å². The molecule has 0 aliphatic heterocycles. The van der Waals surface area contributed by atoms with Crippen LogP contribution in [0, 0.1) is 5.41 Å². The lowest BCUT2D eigenvalue weighted by Gasteiger charge is -2.35. The smallest absolute Gasteiger partial charge is 0.269 e. The number of hydrogen-bond acceptors (Lipinski definition) is 4. The summed E-state index contributed by atoms with van der Waals surface area (Å²) in [5.41, 5.74) is 0.422. The Morgan fingerprint density at radius 2 is 1.73 bits per heavy atom. The summed E-state index contributed by atoms with van der Waals surface area (Å²) in [6, 6.07) is 10.0. The molecule has 0 aromatic heterocycles. The van der Waals surface area contributed by atoms with Crippen molar-refractivity contribution >= 4 is 5.97 Å². The molecule has 1 fully saturated rings. The second-order valence-electron chi connectivity index (χ2n) is 7.27. The molecule has 122 valence electrons. The fourth-order valence-electron chi connectivity index (χ4n) is 2.87. The van der Waals surface area contributed by atoms with Crippen molar-refractivity contribution < 1.29 is 19.6 Å². The highest BCUT2D eigenvalue weighted by atomic mass is 17.5. The Morgan fingerprint density at radius 1 is 1.09 bits per heavy atom. The first kappa shape index (κ1) is 17.0. The van der Waals surface area contributed by atoms with Gasteiger partial charge in [0.2, 0.25) is 0 Å². The zero-order chi connectivity index (χ0) is 16.1. The third-order valence-electron chi connectivity index (χ3n) is 3.96. The molecule has 1 aromatic carbocycles. The van der Waals surface area contributed by atoms with E-state index >= 15 is 0 Å². The van der Waals surface area contributed by atoms with Gasteiger partial charge in [-0.25, -0.2) is 4.79 Å². The highest BCUT2D eigenvalue weighted by molar-refractivity contribution is 5.69. The van der Waals surface area contributed by atoms with Crippen LogP contribution in [0.15, 0.2) is 30.3 Å². The minimum Gasteiger partial charge on any atom is -0.269 e. The lowest BCUT2D eigenvalue weighted by molar-refractivity contribution is -0.527. The quantitative estimate of drug-likeness (QED) is 0.585. The zero-order valence-corrected chi connectivity index (χ0v) is 13.8. The van der Waals surface area contributed by atoms with E-state index in [9.17, 15) is 4.79 Å². The Labute approximate surface area is 132 Å². The van der Waals surface area contributed by atoms with E-state index in [0.717, 1.165) is 31.2 Å². The van der Waals surface area contributed by atoms with Gasteiger partial charge in [-0.1, -0.05) is 70.4 Å². The van der Waals surface area contributed by atoms with Crippen molar-refractivity contribution in [2.24, 2.45) is 5.41 Å². The SMILES string of the molecule is CC(C)(C)CC(=O)OOOC1(c2ccccc2)CCCCC1. The number of hydrogen-bond donors (Lipinski definition) is 0. The summed E-state index contributed by atoms with van der Waals surface area (Å²) in [6.45, 7) is 5.92. The Kier molecular flexibility index (Phi) is 5.59. The van der Waals surface area contributed by atoms with Crippen LogP contribution in [0.25, 0.3) is 0 Å². The van der Waals surface area contributed by atoms with E-state index in [0.29, 0.717) is 0 Å². The molecule has 0 heterocycles. The summed E-state index contributed by atoms with van der Waals surface area (Å²) in [6.07, 6.45) is 5.38. The Morgan fingerprint density at radius 3 is 2.32 bits per heavy atom.